The zero-order chi connectivity index (χ0) is 18.6. The zero-order valence-corrected chi connectivity index (χ0v) is 16.4. The van der Waals surface area contributed by atoms with Crippen molar-refractivity contribution in [1.29, 1.82) is 0 Å². The molecule has 1 aliphatic carbocycles. The maximum absolute atomic E-state index is 12.8. The van der Waals surface area contributed by atoms with E-state index in [1.54, 1.807) is 11.8 Å². The molecule has 2 heterocycles. The molecular weight excluding hydrogens is 354 g/mol. The van der Waals surface area contributed by atoms with E-state index in [-0.39, 0.29) is 5.91 Å². The van der Waals surface area contributed by atoms with Crippen LogP contribution in [0.2, 0.25) is 0 Å². The number of carbonyl (C=O) groups excluding carboxylic acids is 1. The van der Waals surface area contributed by atoms with Gasteiger partial charge >= 0.3 is 0 Å². The van der Waals surface area contributed by atoms with E-state index in [9.17, 15) is 4.79 Å². The van der Waals surface area contributed by atoms with Crippen LogP contribution >= 0.6 is 11.8 Å². The van der Waals surface area contributed by atoms with Crippen LogP contribution in [0.1, 0.15) is 48.7 Å². The lowest BCUT2D eigenvalue weighted by molar-refractivity contribution is 0.0918. The van der Waals surface area contributed by atoms with Crippen molar-refractivity contribution in [3.05, 3.63) is 66.1 Å². The fourth-order valence-electron chi connectivity index (χ4n) is 3.82. The smallest absolute Gasteiger partial charge is 0.252 e. The van der Waals surface area contributed by atoms with Gasteiger partial charge in [-0.05, 0) is 43.0 Å². The number of nitrogens with zero attached hydrogens (tertiary/aromatic N) is 2. The first-order chi connectivity index (χ1) is 13.2. The highest BCUT2D eigenvalue weighted by Gasteiger charge is 2.22. The van der Waals surface area contributed by atoms with Crippen molar-refractivity contribution >= 4 is 23.3 Å². The summed E-state index contributed by atoms with van der Waals surface area (Å²) in [6.45, 7) is 2.27. The molecule has 1 fully saturated rings. The largest absolute Gasteiger partial charge is 0.349 e. The number of amides is 1. The second-order valence-electron chi connectivity index (χ2n) is 7.43. The van der Waals surface area contributed by atoms with Crippen LogP contribution in [0.15, 0.2) is 59.8 Å². The van der Waals surface area contributed by atoms with Gasteiger partial charge in [0.1, 0.15) is 5.65 Å². The summed E-state index contributed by atoms with van der Waals surface area (Å²) in [6.07, 6.45) is 8.71. The molecule has 5 heteroatoms. The van der Waals surface area contributed by atoms with Crippen LogP contribution in [-0.2, 0) is 5.75 Å². The maximum atomic E-state index is 12.8. The molecule has 2 aromatic heterocycles. The second kappa shape index (κ2) is 8.17. The quantitative estimate of drug-likeness (QED) is 0.639. The van der Waals surface area contributed by atoms with Crippen LogP contribution in [0.5, 0.6) is 0 Å². The number of hydrogen-bond donors (Lipinski definition) is 1. The van der Waals surface area contributed by atoms with E-state index >= 15 is 0 Å². The van der Waals surface area contributed by atoms with E-state index in [1.807, 2.05) is 53.1 Å². The number of benzene rings is 1. The average Bonchev–Trinajstić information content (AvgIpc) is 3.09. The van der Waals surface area contributed by atoms with Crippen molar-refractivity contribution in [2.45, 2.75) is 49.3 Å². The molecule has 3 aromatic rings. The van der Waals surface area contributed by atoms with E-state index in [0.717, 1.165) is 40.4 Å². The molecule has 4 nitrogen and oxygen atoms in total. The summed E-state index contributed by atoms with van der Waals surface area (Å²) in [5.41, 5.74) is 2.73. The summed E-state index contributed by atoms with van der Waals surface area (Å²) < 4.78 is 2.03. The summed E-state index contributed by atoms with van der Waals surface area (Å²) in [4.78, 5) is 18.5. The van der Waals surface area contributed by atoms with Gasteiger partial charge in [0.15, 0.2) is 0 Å². The lowest BCUT2D eigenvalue weighted by atomic mass is 9.87. The van der Waals surface area contributed by atoms with Gasteiger partial charge in [-0.3, -0.25) is 4.79 Å². The normalized spacial score (nSPS) is 19.9. The van der Waals surface area contributed by atoms with E-state index in [4.69, 9.17) is 0 Å². The van der Waals surface area contributed by atoms with Gasteiger partial charge in [-0.25, -0.2) is 4.98 Å². The predicted molar refractivity (Wildman–Crippen MR) is 110 cm³/mol. The molecule has 2 atom stereocenters. The summed E-state index contributed by atoms with van der Waals surface area (Å²) in [5, 5.41) is 3.25. The first-order valence-electron chi connectivity index (χ1n) is 9.64. The van der Waals surface area contributed by atoms with Gasteiger partial charge in [-0.1, -0.05) is 38.0 Å². The minimum Gasteiger partial charge on any atom is -0.349 e. The first-order valence-corrected chi connectivity index (χ1v) is 10.6. The molecule has 0 aliphatic heterocycles. The van der Waals surface area contributed by atoms with E-state index in [1.165, 1.54) is 12.8 Å². The lowest BCUT2D eigenvalue weighted by Crippen LogP contribution is -2.38. The number of nitrogens with one attached hydrogen (secondary N) is 1. The van der Waals surface area contributed by atoms with E-state index in [2.05, 4.69) is 23.4 Å². The third-order valence-electron chi connectivity index (χ3n) is 5.19. The van der Waals surface area contributed by atoms with Gasteiger partial charge in [0.25, 0.3) is 5.91 Å². The molecule has 140 valence electrons. The van der Waals surface area contributed by atoms with Gasteiger partial charge in [0, 0.05) is 29.1 Å². The Labute approximate surface area is 164 Å². The van der Waals surface area contributed by atoms with Crippen molar-refractivity contribution in [3.63, 3.8) is 0 Å². The first kappa shape index (κ1) is 18.1. The Kier molecular flexibility index (Phi) is 5.48. The summed E-state index contributed by atoms with van der Waals surface area (Å²) in [7, 11) is 0. The van der Waals surface area contributed by atoms with Crippen LogP contribution < -0.4 is 5.32 Å². The van der Waals surface area contributed by atoms with Crippen molar-refractivity contribution < 1.29 is 4.79 Å². The zero-order valence-electron chi connectivity index (χ0n) is 15.6. The highest BCUT2D eigenvalue weighted by Crippen LogP contribution is 2.28. The number of rotatable bonds is 5. The molecule has 0 radical (unpaired) electrons. The monoisotopic (exact) mass is 379 g/mol. The fraction of sp³-hybridized carbons (Fsp3) is 0.364. The second-order valence-corrected chi connectivity index (χ2v) is 8.44. The van der Waals surface area contributed by atoms with Gasteiger partial charge < -0.3 is 9.72 Å². The number of fused-ring (bicyclic) bond motifs is 1. The van der Waals surface area contributed by atoms with Gasteiger partial charge in [0.2, 0.25) is 0 Å². The highest BCUT2D eigenvalue weighted by atomic mass is 32.2. The molecule has 27 heavy (non-hydrogen) atoms. The molecule has 4 rings (SSSR count). The van der Waals surface area contributed by atoms with Crippen LogP contribution in [0.4, 0.5) is 0 Å². The minimum absolute atomic E-state index is 0.0483. The van der Waals surface area contributed by atoms with Gasteiger partial charge in [-0.2, -0.15) is 0 Å². The summed E-state index contributed by atoms with van der Waals surface area (Å²) in [6, 6.07) is 14.2. The molecule has 0 bridgehead atoms. The third kappa shape index (κ3) is 4.35. The Balaban J connectivity index is 1.44. The number of hydrogen-bond acceptors (Lipinski definition) is 3. The molecule has 1 saturated carbocycles. The van der Waals surface area contributed by atoms with E-state index in [0.29, 0.717) is 12.0 Å². The van der Waals surface area contributed by atoms with Crippen LogP contribution in [-0.4, -0.2) is 21.3 Å². The van der Waals surface area contributed by atoms with Crippen LogP contribution in [0.25, 0.3) is 5.65 Å². The van der Waals surface area contributed by atoms with Crippen LogP contribution in [0, 0.1) is 5.92 Å². The molecule has 2 unspecified atom stereocenters. The Morgan fingerprint density at radius 3 is 2.93 bits per heavy atom. The SMILES string of the molecule is CC1CCCC(NC(=O)c2ccccc2SCc2cn3ccccc3n2)C1. The maximum Gasteiger partial charge on any atom is 0.252 e. The summed E-state index contributed by atoms with van der Waals surface area (Å²) in [5.74, 6) is 1.49. The average molecular weight is 380 g/mol. The number of imidazole rings is 1. The molecular formula is C22H25N3OS. The van der Waals surface area contributed by atoms with Crippen molar-refractivity contribution in [2.75, 3.05) is 0 Å². The summed E-state index contributed by atoms with van der Waals surface area (Å²) >= 11 is 1.67. The predicted octanol–water partition coefficient (Wildman–Crippen LogP) is 4.94. The van der Waals surface area contributed by atoms with Crippen LogP contribution in [0.3, 0.4) is 0 Å². The molecule has 0 spiro atoms. The van der Waals surface area contributed by atoms with Crippen molar-refractivity contribution in [3.8, 4) is 0 Å². The minimum atomic E-state index is 0.0483. The Morgan fingerprint density at radius 2 is 2.07 bits per heavy atom. The van der Waals surface area contributed by atoms with Gasteiger partial charge in [0.05, 0.1) is 11.3 Å². The van der Waals surface area contributed by atoms with Crippen molar-refractivity contribution in [2.24, 2.45) is 5.92 Å². The third-order valence-corrected chi connectivity index (χ3v) is 6.30. The lowest BCUT2D eigenvalue weighted by Gasteiger charge is -2.27. The highest BCUT2D eigenvalue weighted by molar-refractivity contribution is 7.98. The van der Waals surface area contributed by atoms with E-state index < -0.39 is 0 Å². The molecule has 1 aromatic carbocycles. The molecule has 1 aliphatic rings. The number of aromatic nitrogens is 2. The van der Waals surface area contributed by atoms with Crippen molar-refractivity contribution in [1.82, 2.24) is 14.7 Å². The fourth-order valence-corrected chi connectivity index (χ4v) is 4.75. The Hall–Kier alpha value is -2.27. The topological polar surface area (TPSA) is 46.4 Å². The van der Waals surface area contributed by atoms with Gasteiger partial charge in [-0.15, -0.1) is 11.8 Å². The number of pyridine rings is 1. The number of carbonyl (C=O) groups is 1. The molecule has 0 saturated heterocycles. The Morgan fingerprint density at radius 1 is 1.22 bits per heavy atom. The standard InChI is InChI=1S/C22H25N3OS/c1-16-7-6-8-17(13-16)24-22(26)19-9-2-3-10-20(19)27-15-18-14-25-12-5-4-11-21(25)23-18/h2-5,9-12,14,16-17H,6-8,13,15H2,1H3,(H,24,26). The molecule has 1 N–H and O–H groups in total. The number of thioether (sulfide) groups is 1. The molecule has 1 amide bonds. The Bertz CT molecular complexity index is 903.